The molecule has 0 N–H and O–H groups in total. The van der Waals surface area contributed by atoms with Crippen LogP contribution in [0.2, 0.25) is 0 Å². The number of amides is 1. The van der Waals surface area contributed by atoms with Crippen molar-refractivity contribution in [1.29, 1.82) is 0 Å². The zero-order valence-corrected chi connectivity index (χ0v) is 24.7. The summed E-state index contributed by atoms with van der Waals surface area (Å²) in [4.78, 5) is 24.2. The van der Waals surface area contributed by atoms with Gasteiger partial charge >= 0.3 is 19.6 Å². The number of piperazine rings is 1. The molecule has 0 radical (unpaired) electrons. The van der Waals surface area contributed by atoms with Gasteiger partial charge in [-0.2, -0.15) is 26.3 Å². The predicted molar refractivity (Wildman–Crippen MR) is 147 cm³/mol. The molecule has 3 heterocycles. The summed E-state index contributed by atoms with van der Waals surface area (Å²) < 4.78 is 94.2. The Bertz CT molecular complexity index is 1260. The van der Waals surface area contributed by atoms with Gasteiger partial charge < -0.3 is 23.9 Å². The molecule has 1 aromatic heterocycles. The molecular formula is C28H35BF6N4O3. The van der Waals surface area contributed by atoms with E-state index in [1.165, 1.54) is 20.0 Å². The predicted octanol–water partition coefficient (Wildman–Crippen LogP) is 5.77. The van der Waals surface area contributed by atoms with Crippen molar-refractivity contribution in [2.24, 2.45) is 0 Å². The third kappa shape index (κ3) is 6.25. The maximum absolute atomic E-state index is 14.3. The highest BCUT2D eigenvalue weighted by molar-refractivity contribution is 6.57. The number of anilines is 2. The molecule has 0 saturated carbocycles. The number of aromatic nitrogens is 1. The SMILES string of the molecule is CN1CCN(c2ccc(N(B3OC(C)(C)C(C)(C)O3)C(=O)C(C)(C)c3cc(C(F)(F)F)cc(C(F)(F)F)c3)cn2)CC1. The molecule has 14 heteroatoms. The number of hydrogen-bond donors (Lipinski definition) is 0. The monoisotopic (exact) mass is 600 g/mol. The summed E-state index contributed by atoms with van der Waals surface area (Å²) >= 11 is 0. The van der Waals surface area contributed by atoms with E-state index in [0.717, 1.165) is 31.0 Å². The van der Waals surface area contributed by atoms with Crippen LogP contribution < -0.4 is 9.71 Å². The molecule has 2 saturated heterocycles. The van der Waals surface area contributed by atoms with Crippen molar-refractivity contribution in [3.8, 4) is 0 Å². The molecule has 230 valence electrons. The maximum atomic E-state index is 14.3. The van der Waals surface area contributed by atoms with Crippen LogP contribution in [-0.2, 0) is 31.9 Å². The largest absolute Gasteiger partial charge is 0.601 e. The highest BCUT2D eigenvalue weighted by Gasteiger charge is 2.57. The number of carbonyl (C=O) groups excluding carboxylic acids is 1. The van der Waals surface area contributed by atoms with Gasteiger partial charge in [0.1, 0.15) is 5.82 Å². The topological polar surface area (TPSA) is 58.1 Å². The second kappa shape index (κ2) is 10.7. The first kappa shape index (κ1) is 32.1. The first-order chi connectivity index (χ1) is 19.1. The number of alkyl halides is 6. The summed E-state index contributed by atoms with van der Waals surface area (Å²) in [6, 6.07) is 4.52. The van der Waals surface area contributed by atoms with Gasteiger partial charge in [0, 0.05) is 26.2 Å². The number of likely N-dealkylation sites (N-methyl/N-ethyl adjacent to an activating group) is 1. The minimum atomic E-state index is -5.07. The van der Waals surface area contributed by atoms with Crippen LogP contribution in [0, 0.1) is 0 Å². The van der Waals surface area contributed by atoms with Gasteiger partial charge in [0.25, 0.3) is 0 Å². The van der Waals surface area contributed by atoms with Gasteiger partial charge in [0.15, 0.2) is 0 Å². The molecule has 0 bridgehead atoms. The van der Waals surface area contributed by atoms with Crippen LogP contribution in [0.5, 0.6) is 0 Å². The lowest BCUT2D eigenvalue weighted by molar-refractivity contribution is -0.143. The fraction of sp³-hybridized carbons (Fsp3) is 0.571. The molecular weight excluding hydrogens is 565 g/mol. The fourth-order valence-corrected chi connectivity index (χ4v) is 4.74. The Kier molecular flexibility index (Phi) is 8.18. The van der Waals surface area contributed by atoms with E-state index in [1.54, 1.807) is 39.8 Å². The van der Waals surface area contributed by atoms with Crippen LogP contribution >= 0.6 is 0 Å². The van der Waals surface area contributed by atoms with Crippen molar-refractivity contribution in [3.05, 3.63) is 53.2 Å². The average Bonchev–Trinajstić information content (AvgIpc) is 3.09. The first-order valence-corrected chi connectivity index (χ1v) is 13.5. The first-order valence-electron chi connectivity index (χ1n) is 13.5. The van der Waals surface area contributed by atoms with E-state index in [9.17, 15) is 31.1 Å². The lowest BCUT2D eigenvalue weighted by atomic mass is 9.79. The summed E-state index contributed by atoms with van der Waals surface area (Å²) in [7, 11) is 0.692. The number of nitrogens with zero attached hydrogens (tertiary/aromatic N) is 4. The summed E-state index contributed by atoms with van der Waals surface area (Å²) in [5.74, 6) is -0.164. The van der Waals surface area contributed by atoms with E-state index in [-0.39, 0.29) is 11.8 Å². The van der Waals surface area contributed by atoms with Gasteiger partial charge in [0.05, 0.1) is 39.6 Å². The van der Waals surface area contributed by atoms with Crippen molar-refractivity contribution in [1.82, 2.24) is 9.88 Å². The molecule has 7 nitrogen and oxygen atoms in total. The molecule has 0 unspecified atom stereocenters. The molecule has 0 aliphatic carbocycles. The lowest BCUT2D eigenvalue weighted by Crippen LogP contribution is -2.53. The summed E-state index contributed by atoms with van der Waals surface area (Å²) in [5, 5.41) is 0. The highest BCUT2D eigenvalue weighted by atomic mass is 19.4. The van der Waals surface area contributed by atoms with E-state index >= 15 is 0 Å². The summed E-state index contributed by atoms with van der Waals surface area (Å²) in [5.41, 5.74) is -6.92. The van der Waals surface area contributed by atoms with Crippen LogP contribution in [0.25, 0.3) is 0 Å². The van der Waals surface area contributed by atoms with E-state index in [1.807, 2.05) is 7.05 Å². The minimum Gasteiger partial charge on any atom is -0.384 e. The molecule has 0 spiro atoms. The normalized spacial score (nSPS) is 19.7. The lowest BCUT2D eigenvalue weighted by Gasteiger charge is -2.35. The molecule has 0 atom stereocenters. The van der Waals surface area contributed by atoms with Gasteiger partial charge in [-0.1, -0.05) is 0 Å². The fourth-order valence-electron chi connectivity index (χ4n) is 4.74. The Morgan fingerprint density at radius 2 is 1.33 bits per heavy atom. The zero-order chi connectivity index (χ0) is 31.5. The summed E-state index contributed by atoms with van der Waals surface area (Å²) in [6.07, 6.45) is -8.70. The molecule has 2 aliphatic rings. The van der Waals surface area contributed by atoms with Crippen molar-refractivity contribution in [2.75, 3.05) is 42.9 Å². The second-order valence-electron chi connectivity index (χ2n) is 12.3. The van der Waals surface area contributed by atoms with Crippen molar-refractivity contribution in [2.45, 2.75) is 70.5 Å². The van der Waals surface area contributed by atoms with E-state index in [4.69, 9.17) is 9.31 Å². The van der Waals surface area contributed by atoms with Crippen LogP contribution in [0.15, 0.2) is 36.5 Å². The molecule has 4 rings (SSSR count). The molecule has 1 amide bonds. The van der Waals surface area contributed by atoms with Crippen LogP contribution in [-0.4, -0.2) is 67.5 Å². The number of pyridine rings is 1. The maximum Gasteiger partial charge on any atom is 0.601 e. The third-order valence-corrected chi connectivity index (χ3v) is 8.35. The second-order valence-corrected chi connectivity index (χ2v) is 12.3. The van der Waals surface area contributed by atoms with Gasteiger partial charge in [-0.25, -0.2) is 4.98 Å². The number of carbonyl (C=O) groups is 1. The van der Waals surface area contributed by atoms with Gasteiger partial charge in [-0.3, -0.25) is 4.79 Å². The minimum absolute atomic E-state index is 0.0387. The van der Waals surface area contributed by atoms with Gasteiger partial charge in [-0.05, 0) is 84.5 Å². The van der Waals surface area contributed by atoms with E-state index in [0.29, 0.717) is 18.0 Å². The Balaban J connectivity index is 1.78. The van der Waals surface area contributed by atoms with Gasteiger partial charge in [-0.15, -0.1) is 0 Å². The number of hydrogen-bond acceptors (Lipinski definition) is 6. The quantitative estimate of drug-likeness (QED) is 0.321. The van der Waals surface area contributed by atoms with E-state index < -0.39 is 58.8 Å². The number of benzene rings is 1. The Labute approximate surface area is 241 Å². The smallest absolute Gasteiger partial charge is 0.384 e. The third-order valence-electron chi connectivity index (χ3n) is 8.35. The van der Waals surface area contributed by atoms with Crippen molar-refractivity contribution in [3.63, 3.8) is 0 Å². The van der Waals surface area contributed by atoms with E-state index in [2.05, 4.69) is 14.8 Å². The van der Waals surface area contributed by atoms with Crippen LogP contribution in [0.1, 0.15) is 58.2 Å². The molecule has 42 heavy (non-hydrogen) atoms. The van der Waals surface area contributed by atoms with Gasteiger partial charge in [0.2, 0.25) is 5.91 Å². The number of rotatable bonds is 5. The van der Waals surface area contributed by atoms with Crippen LogP contribution in [0.4, 0.5) is 37.8 Å². The standard InChI is InChI=1S/C28H35BF6N4O3/c1-24(2,18-14-19(27(30,31)32)16-20(15-18)28(33,34)35)23(40)39(29-41-25(3,4)26(5,6)42-29)21-8-9-22(36-17-21)38-12-10-37(7)11-13-38/h8-9,14-17H,10-13H2,1-7H3. The molecule has 2 fully saturated rings. The van der Waals surface area contributed by atoms with Crippen molar-refractivity contribution < 1.29 is 40.4 Å². The average molecular weight is 600 g/mol. The Morgan fingerprint density at radius 3 is 1.76 bits per heavy atom. The molecule has 2 aromatic rings. The van der Waals surface area contributed by atoms with Crippen LogP contribution in [0.3, 0.4) is 0 Å². The highest BCUT2D eigenvalue weighted by Crippen LogP contribution is 2.42. The Hall–Kier alpha value is -2.84. The number of halogens is 6. The zero-order valence-electron chi connectivity index (χ0n) is 24.7. The molecule has 1 aromatic carbocycles. The molecule has 2 aliphatic heterocycles. The Morgan fingerprint density at radius 1 is 0.857 bits per heavy atom. The van der Waals surface area contributed by atoms with Crippen molar-refractivity contribution >= 4 is 24.7 Å². The summed E-state index contributed by atoms with van der Waals surface area (Å²) in [6.45, 7) is 12.8.